The van der Waals surface area contributed by atoms with Gasteiger partial charge in [0, 0.05) is 16.3 Å². The third-order valence-electron chi connectivity index (χ3n) is 2.73. The number of fused-ring (bicyclic) bond motifs is 3. The number of benzene rings is 2. The molecule has 2 nitrogen and oxygen atoms in total. The molecular weight excluding hydrogens is 220 g/mol. The van der Waals surface area contributed by atoms with E-state index in [1.807, 2.05) is 24.3 Å². The Morgan fingerprint density at radius 2 is 1.94 bits per heavy atom. The van der Waals surface area contributed by atoms with Gasteiger partial charge in [0.2, 0.25) is 0 Å². The smallest absolute Gasteiger partial charge is 0.0999 e. The number of aromatic nitrogens is 1. The molecule has 0 aliphatic rings. The van der Waals surface area contributed by atoms with Crippen molar-refractivity contribution in [2.24, 2.45) is 0 Å². The summed E-state index contributed by atoms with van der Waals surface area (Å²) in [6, 6.07) is 13.6. The molecule has 1 aromatic heterocycles. The summed E-state index contributed by atoms with van der Waals surface area (Å²) in [5.41, 5.74) is 2.49. The van der Waals surface area contributed by atoms with Crippen LogP contribution in [-0.2, 0) is 0 Å². The van der Waals surface area contributed by atoms with Crippen LogP contribution in [0, 0.1) is 11.3 Å². The van der Waals surface area contributed by atoms with Crippen molar-refractivity contribution in [2.45, 2.75) is 0 Å². The first-order valence-corrected chi connectivity index (χ1v) is 5.28. The minimum atomic E-state index is 0.644. The minimum absolute atomic E-state index is 0.644. The zero-order valence-corrected chi connectivity index (χ0v) is 9.05. The van der Waals surface area contributed by atoms with E-state index in [0.29, 0.717) is 10.6 Å². The molecule has 3 heteroatoms. The van der Waals surface area contributed by atoms with Gasteiger partial charge in [0.05, 0.1) is 22.2 Å². The van der Waals surface area contributed by atoms with E-state index < -0.39 is 0 Å². The van der Waals surface area contributed by atoms with Crippen LogP contribution in [0.4, 0.5) is 0 Å². The van der Waals surface area contributed by atoms with Gasteiger partial charge in [-0.3, -0.25) is 0 Å². The van der Waals surface area contributed by atoms with E-state index in [1.165, 1.54) is 0 Å². The van der Waals surface area contributed by atoms with Gasteiger partial charge in [0.1, 0.15) is 0 Å². The SMILES string of the molecule is N#Cc1ccc(Cl)c2[nH]c3ccccc3c12. The number of H-pyrrole nitrogens is 1. The van der Waals surface area contributed by atoms with Crippen LogP contribution in [0.5, 0.6) is 0 Å². The second-order valence-electron chi connectivity index (χ2n) is 3.63. The molecule has 0 fully saturated rings. The fraction of sp³-hybridized carbons (Fsp3) is 0. The predicted molar refractivity (Wildman–Crippen MR) is 65.5 cm³/mol. The molecular formula is C13H7ClN2. The largest absolute Gasteiger partial charge is 0.353 e. The number of hydrogen-bond acceptors (Lipinski definition) is 1. The zero-order chi connectivity index (χ0) is 11.1. The number of nitriles is 1. The summed E-state index contributed by atoms with van der Waals surface area (Å²) >= 11 is 6.12. The number of rotatable bonds is 0. The number of nitrogens with one attached hydrogen (secondary N) is 1. The van der Waals surface area contributed by atoms with Gasteiger partial charge in [-0.15, -0.1) is 0 Å². The topological polar surface area (TPSA) is 39.6 Å². The molecule has 1 N–H and O–H groups in total. The van der Waals surface area contributed by atoms with Gasteiger partial charge in [0.15, 0.2) is 0 Å². The highest BCUT2D eigenvalue weighted by Crippen LogP contribution is 2.32. The van der Waals surface area contributed by atoms with Gasteiger partial charge in [-0.2, -0.15) is 5.26 Å². The van der Waals surface area contributed by atoms with Crippen LogP contribution in [-0.4, -0.2) is 4.98 Å². The summed E-state index contributed by atoms with van der Waals surface area (Å²) in [5.74, 6) is 0. The third kappa shape index (κ3) is 1.13. The molecule has 0 radical (unpaired) electrons. The molecule has 16 heavy (non-hydrogen) atoms. The fourth-order valence-electron chi connectivity index (χ4n) is 2.02. The molecule has 0 atom stereocenters. The maximum Gasteiger partial charge on any atom is 0.0999 e. The van der Waals surface area contributed by atoms with Crippen LogP contribution in [0.15, 0.2) is 36.4 Å². The van der Waals surface area contributed by atoms with Crippen molar-refractivity contribution in [2.75, 3.05) is 0 Å². The molecule has 0 saturated carbocycles. The standard InChI is InChI=1S/C13H7ClN2/c14-10-6-5-8(7-15)12-9-3-1-2-4-11(9)16-13(10)12/h1-6,16H. The molecule has 0 unspecified atom stereocenters. The van der Waals surface area contributed by atoms with E-state index in [1.54, 1.807) is 12.1 Å². The molecule has 0 spiro atoms. The average molecular weight is 227 g/mol. The molecule has 0 aliphatic carbocycles. The van der Waals surface area contributed by atoms with E-state index in [9.17, 15) is 0 Å². The minimum Gasteiger partial charge on any atom is -0.353 e. The molecule has 1 heterocycles. The summed E-state index contributed by atoms with van der Waals surface area (Å²) < 4.78 is 0. The normalized spacial score (nSPS) is 10.8. The average Bonchev–Trinajstić information content (AvgIpc) is 2.70. The Morgan fingerprint density at radius 1 is 1.12 bits per heavy atom. The summed E-state index contributed by atoms with van der Waals surface area (Å²) in [5, 5.41) is 11.7. The lowest BCUT2D eigenvalue weighted by atomic mass is 10.1. The molecule has 76 valence electrons. The molecule has 0 aliphatic heterocycles. The number of aromatic amines is 1. The molecule has 0 amide bonds. The van der Waals surface area contributed by atoms with Crippen LogP contribution in [0.1, 0.15) is 5.56 Å². The Kier molecular flexibility index (Phi) is 1.89. The van der Waals surface area contributed by atoms with Crippen LogP contribution >= 0.6 is 11.6 Å². The maximum absolute atomic E-state index is 9.10. The summed E-state index contributed by atoms with van der Waals surface area (Å²) in [6.07, 6.45) is 0. The van der Waals surface area contributed by atoms with Gasteiger partial charge in [0.25, 0.3) is 0 Å². The molecule has 3 rings (SSSR count). The van der Waals surface area contributed by atoms with E-state index in [0.717, 1.165) is 21.8 Å². The second-order valence-corrected chi connectivity index (χ2v) is 4.03. The van der Waals surface area contributed by atoms with Crippen LogP contribution in [0.25, 0.3) is 21.8 Å². The van der Waals surface area contributed by atoms with Crippen molar-refractivity contribution >= 4 is 33.4 Å². The number of halogens is 1. The summed E-state index contributed by atoms with van der Waals surface area (Å²) in [6.45, 7) is 0. The number of para-hydroxylation sites is 1. The Morgan fingerprint density at radius 3 is 2.75 bits per heavy atom. The molecule has 2 aromatic carbocycles. The lowest BCUT2D eigenvalue weighted by molar-refractivity contribution is 1.50. The Bertz CT molecular complexity index is 735. The zero-order valence-electron chi connectivity index (χ0n) is 8.29. The first-order chi connectivity index (χ1) is 7.81. The number of nitrogens with zero attached hydrogens (tertiary/aromatic N) is 1. The molecule has 0 saturated heterocycles. The lowest BCUT2D eigenvalue weighted by Gasteiger charge is -1.96. The van der Waals surface area contributed by atoms with E-state index >= 15 is 0 Å². The van der Waals surface area contributed by atoms with Crippen molar-refractivity contribution in [3.05, 3.63) is 47.0 Å². The van der Waals surface area contributed by atoms with E-state index in [4.69, 9.17) is 16.9 Å². The van der Waals surface area contributed by atoms with Crippen LogP contribution in [0.3, 0.4) is 0 Å². The highest BCUT2D eigenvalue weighted by molar-refractivity contribution is 6.36. The van der Waals surface area contributed by atoms with Gasteiger partial charge >= 0.3 is 0 Å². The summed E-state index contributed by atoms with van der Waals surface area (Å²) in [4.78, 5) is 3.24. The molecule has 0 bridgehead atoms. The van der Waals surface area contributed by atoms with Gasteiger partial charge in [-0.25, -0.2) is 0 Å². The maximum atomic E-state index is 9.10. The predicted octanol–water partition coefficient (Wildman–Crippen LogP) is 3.85. The first-order valence-electron chi connectivity index (χ1n) is 4.90. The van der Waals surface area contributed by atoms with Gasteiger partial charge < -0.3 is 4.98 Å². The Balaban J connectivity index is 2.66. The van der Waals surface area contributed by atoms with Crippen molar-refractivity contribution in [3.63, 3.8) is 0 Å². The monoisotopic (exact) mass is 226 g/mol. The number of hydrogen-bond donors (Lipinski definition) is 1. The second kappa shape index (κ2) is 3.26. The lowest BCUT2D eigenvalue weighted by Crippen LogP contribution is -1.77. The van der Waals surface area contributed by atoms with Crippen molar-refractivity contribution in [1.82, 2.24) is 4.98 Å². The highest BCUT2D eigenvalue weighted by Gasteiger charge is 2.10. The fourth-order valence-corrected chi connectivity index (χ4v) is 2.22. The third-order valence-corrected chi connectivity index (χ3v) is 3.05. The molecule has 3 aromatic rings. The van der Waals surface area contributed by atoms with Gasteiger partial charge in [-0.05, 0) is 18.2 Å². The van der Waals surface area contributed by atoms with Crippen molar-refractivity contribution in [1.29, 1.82) is 5.26 Å². The first kappa shape index (κ1) is 9.26. The highest BCUT2D eigenvalue weighted by atomic mass is 35.5. The van der Waals surface area contributed by atoms with E-state index in [-0.39, 0.29) is 0 Å². The quantitative estimate of drug-likeness (QED) is 0.622. The Hall–Kier alpha value is -1.98. The van der Waals surface area contributed by atoms with Crippen LogP contribution in [0.2, 0.25) is 5.02 Å². The summed E-state index contributed by atoms with van der Waals surface area (Å²) in [7, 11) is 0. The van der Waals surface area contributed by atoms with Crippen LogP contribution < -0.4 is 0 Å². The van der Waals surface area contributed by atoms with Crippen molar-refractivity contribution < 1.29 is 0 Å². The van der Waals surface area contributed by atoms with E-state index in [2.05, 4.69) is 11.1 Å². The Labute approximate surface area is 97.1 Å². The van der Waals surface area contributed by atoms with Gasteiger partial charge in [-0.1, -0.05) is 29.8 Å². The van der Waals surface area contributed by atoms with Crippen molar-refractivity contribution in [3.8, 4) is 6.07 Å².